The van der Waals surface area contributed by atoms with Crippen molar-refractivity contribution >= 4 is 17.5 Å². The molecule has 1 aromatic rings. The van der Waals surface area contributed by atoms with Crippen molar-refractivity contribution in [3.63, 3.8) is 0 Å². The Morgan fingerprint density at radius 1 is 1.53 bits per heavy atom. The van der Waals surface area contributed by atoms with E-state index in [9.17, 15) is 9.59 Å². The normalized spacial score (nSPS) is 10.6. The monoisotopic (exact) mass is 239 g/mol. The SMILES string of the molecule is CC(C)N(C)C(=O)Cn1cc(N)c(C(N)=O)n1. The van der Waals surface area contributed by atoms with Gasteiger partial charge in [0, 0.05) is 19.3 Å². The molecule has 0 radical (unpaired) electrons. The van der Waals surface area contributed by atoms with E-state index in [1.165, 1.54) is 10.9 Å². The zero-order valence-corrected chi connectivity index (χ0v) is 10.2. The van der Waals surface area contributed by atoms with Crippen molar-refractivity contribution in [3.05, 3.63) is 11.9 Å². The van der Waals surface area contributed by atoms with Crippen LogP contribution in [0.4, 0.5) is 5.69 Å². The molecule has 0 aliphatic heterocycles. The maximum atomic E-state index is 11.8. The molecule has 7 nitrogen and oxygen atoms in total. The highest BCUT2D eigenvalue weighted by Crippen LogP contribution is 2.08. The van der Waals surface area contributed by atoms with Crippen LogP contribution in [-0.2, 0) is 11.3 Å². The standard InChI is InChI=1S/C10H17N5O2/c1-6(2)14(3)8(16)5-15-4-7(11)9(13-15)10(12)17/h4,6H,5,11H2,1-3H3,(H2,12,17). The van der Waals surface area contributed by atoms with E-state index in [1.54, 1.807) is 11.9 Å². The van der Waals surface area contributed by atoms with E-state index < -0.39 is 5.91 Å². The molecular formula is C10H17N5O2. The van der Waals surface area contributed by atoms with Crippen LogP contribution in [0.1, 0.15) is 24.3 Å². The highest BCUT2D eigenvalue weighted by atomic mass is 16.2. The van der Waals surface area contributed by atoms with Gasteiger partial charge in [0.2, 0.25) is 5.91 Å². The van der Waals surface area contributed by atoms with Crippen molar-refractivity contribution in [2.75, 3.05) is 12.8 Å². The molecule has 4 N–H and O–H groups in total. The minimum atomic E-state index is -0.703. The molecule has 2 amide bonds. The summed E-state index contributed by atoms with van der Waals surface area (Å²) in [5.41, 5.74) is 10.8. The summed E-state index contributed by atoms with van der Waals surface area (Å²) in [6.07, 6.45) is 1.42. The van der Waals surface area contributed by atoms with Crippen LogP contribution < -0.4 is 11.5 Å². The van der Waals surface area contributed by atoms with Crippen molar-refractivity contribution in [2.45, 2.75) is 26.4 Å². The van der Waals surface area contributed by atoms with E-state index in [2.05, 4.69) is 5.10 Å². The fraction of sp³-hybridized carbons (Fsp3) is 0.500. The fourth-order valence-electron chi connectivity index (χ4n) is 1.25. The zero-order chi connectivity index (χ0) is 13.2. The minimum Gasteiger partial charge on any atom is -0.396 e. The maximum absolute atomic E-state index is 11.8. The molecule has 0 fully saturated rings. The molecule has 0 aliphatic rings. The molecule has 17 heavy (non-hydrogen) atoms. The summed E-state index contributed by atoms with van der Waals surface area (Å²) in [7, 11) is 1.70. The van der Waals surface area contributed by atoms with Crippen LogP contribution >= 0.6 is 0 Å². The molecule has 1 heterocycles. The summed E-state index contributed by atoms with van der Waals surface area (Å²) >= 11 is 0. The first-order chi connectivity index (χ1) is 7.82. The molecule has 1 rings (SSSR count). The lowest BCUT2D eigenvalue weighted by Crippen LogP contribution is -2.35. The van der Waals surface area contributed by atoms with Crippen LogP contribution in [0.25, 0.3) is 0 Å². The number of carbonyl (C=O) groups excluding carboxylic acids is 2. The molecule has 0 aromatic carbocycles. The van der Waals surface area contributed by atoms with Gasteiger partial charge in [-0.2, -0.15) is 5.10 Å². The third kappa shape index (κ3) is 2.96. The Kier molecular flexibility index (Phi) is 3.72. The van der Waals surface area contributed by atoms with Crippen LogP contribution in [0, 0.1) is 0 Å². The number of hydrogen-bond acceptors (Lipinski definition) is 4. The summed E-state index contributed by atoms with van der Waals surface area (Å²) < 4.78 is 1.32. The second kappa shape index (κ2) is 4.86. The van der Waals surface area contributed by atoms with Gasteiger partial charge in [-0.3, -0.25) is 14.3 Å². The summed E-state index contributed by atoms with van der Waals surface area (Å²) in [6, 6.07) is 0.103. The first-order valence-corrected chi connectivity index (χ1v) is 5.21. The van der Waals surface area contributed by atoms with Gasteiger partial charge in [0.1, 0.15) is 6.54 Å². The van der Waals surface area contributed by atoms with E-state index >= 15 is 0 Å². The molecular weight excluding hydrogens is 222 g/mol. The lowest BCUT2D eigenvalue weighted by atomic mass is 10.3. The second-order valence-electron chi connectivity index (χ2n) is 4.09. The van der Waals surface area contributed by atoms with Gasteiger partial charge in [-0.15, -0.1) is 0 Å². The van der Waals surface area contributed by atoms with Crippen LogP contribution in [0.5, 0.6) is 0 Å². The topological polar surface area (TPSA) is 107 Å². The Labute approximate surface area is 99.4 Å². The maximum Gasteiger partial charge on any atom is 0.271 e. The van der Waals surface area contributed by atoms with Gasteiger partial charge in [0.15, 0.2) is 5.69 Å². The number of rotatable bonds is 4. The Bertz CT molecular complexity index is 438. The number of likely N-dealkylation sites (N-methyl/N-ethyl adjacent to an activating group) is 1. The van der Waals surface area contributed by atoms with Crippen LogP contribution in [0.2, 0.25) is 0 Å². The van der Waals surface area contributed by atoms with E-state index in [0.717, 1.165) is 0 Å². The first-order valence-electron chi connectivity index (χ1n) is 5.21. The smallest absolute Gasteiger partial charge is 0.271 e. The van der Waals surface area contributed by atoms with Crippen molar-refractivity contribution in [1.29, 1.82) is 0 Å². The average molecular weight is 239 g/mol. The molecule has 0 bridgehead atoms. The summed E-state index contributed by atoms with van der Waals surface area (Å²) in [5.74, 6) is -0.815. The van der Waals surface area contributed by atoms with E-state index in [-0.39, 0.29) is 29.9 Å². The van der Waals surface area contributed by atoms with Gasteiger partial charge in [-0.1, -0.05) is 0 Å². The second-order valence-corrected chi connectivity index (χ2v) is 4.09. The summed E-state index contributed by atoms with van der Waals surface area (Å²) in [6.45, 7) is 3.85. The number of nitrogen functional groups attached to an aromatic ring is 1. The Balaban J connectivity index is 2.79. The lowest BCUT2D eigenvalue weighted by Gasteiger charge is -2.21. The highest BCUT2D eigenvalue weighted by Gasteiger charge is 2.16. The average Bonchev–Trinajstić information content (AvgIpc) is 2.58. The van der Waals surface area contributed by atoms with E-state index in [1.807, 2.05) is 13.8 Å². The molecule has 0 unspecified atom stereocenters. The number of aromatic nitrogens is 2. The Hall–Kier alpha value is -2.05. The lowest BCUT2D eigenvalue weighted by molar-refractivity contribution is -0.132. The van der Waals surface area contributed by atoms with Crippen LogP contribution in [0.3, 0.4) is 0 Å². The minimum absolute atomic E-state index is 0.00926. The van der Waals surface area contributed by atoms with Crippen molar-refractivity contribution in [2.24, 2.45) is 5.73 Å². The number of nitrogens with zero attached hydrogens (tertiary/aromatic N) is 3. The predicted octanol–water partition coefficient (Wildman–Crippen LogP) is -0.569. The number of nitrogens with two attached hydrogens (primary N) is 2. The molecule has 0 atom stereocenters. The van der Waals surface area contributed by atoms with Gasteiger partial charge in [-0.05, 0) is 13.8 Å². The molecule has 0 saturated carbocycles. The molecule has 94 valence electrons. The highest BCUT2D eigenvalue weighted by molar-refractivity contribution is 5.95. The van der Waals surface area contributed by atoms with E-state index in [0.29, 0.717) is 0 Å². The van der Waals surface area contributed by atoms with Crippen LogP contribution in [-0.4, -0.2) is 39.6 Å². The first kappa shape index (κ1) is 13.0. The predicted molar refractivity (Wildman–Crippen MR) is 63.1 cm³/mol. The Morgan fingerprint density at radius 3 is 2.53 bits per heavy atom. The largest absolute Gasteiger partial charge is 0.396 e. The summed E-state index contributed by atoms with van der Waals surface area (Å²) in [4.78, 5) is 24.3. The Morgan fingerprint density at radius 2 is 2.12 bits per heavy atom. The number of amides is 2. The number of primary amides is 1. The van der Waals surface area contributed by atoms with Gasteiger partial charge in [-0.25, -0.2) is 0 Å². The fourth-order valence-corrected chi connectivity index (χ4v) is 1.25. The number of hydrogen-bond donors (Lipinski definition) is 2. The molecule has 7 heteroatoms. The third-order valence-electron chi connectivity index (χ3n) is 2.49. The van der Waals surface area contributed by atoms with Gasteiger partial charge >= 0.3 is 0 Å². The quantitative estimate of drug-likeness (QED) is 0.733. The number of anilines is 1. The van der Waals surface area contributed by atoms with Gasteiger partial charge in [0.05, 0.1) is 5.69 Å². The number of carbonyl (C=O) groups is 2. The third-order valence-corrected chi connectivity index (χ3v) is 2.49. The van der Waals surface area contributed by atoms with Gasteiger partial charge in [0.25, 0.3) is 5.91 Å². The zero-order valence-electron chi connectivity index (χ0n) is 10.2. The molecule has 0 aliphatic carbocycles. The molecule has 1 aromatic heterocycles. The van der Waals surface area contributed by atoms with Crippen molar-refractivity contribution in [3.8, 4) is 0 Å². The van der Waals surface area contributed by atoms with Crippen LogP contribution in [0.15, 0.2) is 6.20 Å². The van der Waals surface area contributed by atoms with Crippen molar-refractivity contribution < 1.29 is 9.59 Å². The van der Waals surface area contributed by atoms with Crippen molar-refractivity contribution in [1.82, 2.24) is 14.7 Å². The van der Waals surface area contributed by atoms with Gasteiger partial charge < -0.3 is 16.4 Å². The van der Waals surface area contributed by atoms with E-state index in [4.69, 9.17) is 11.5 Å². The molecule has 0 spiro atoms. The summed E-state index contributed by atoms with van der Waals surface area (Å²) in [5, 5.41) is 3.86. The molecule has 0 saturated heterocycles.